The predicted octanol–water partition coefficient (Wildman–Crippen LogP) is 2.33. The Morgan fingerprint density at radius 1 is 1.41 bits per heavy atom. The van der Waals surface area contributed by atoms with E-state index in [2.05, 4.69) is 23.6 Å². The first-order valence-corrected chi connectivity index (χ1v) is 6.35. The summed E-state index contributed by atoms with van der Waals surface area (Å²) in [5.41, 5.74) is 2.31. The van der Waals surface area contributed by atoms with Gasteiger partial charge in [0.15, 0.2) is 0 Å². The smallest absolute Gasteiger partial charge is 0.242 e. The molecule has 1 amide bonds. The lowest BCUT2D eigenvalue weighted by Gasteiger charge is -2.17. The Morgan fingerprint density at radius 2 is 2.12 bits per heavy atom. The summed E-state index contributed by atoms with van der Waals surface area (Å²) >= 11 is 0. The SMILES string of the molecule is CCc1ccccc1NC(C)C(=O)NC1CC1. The molecule has 0 spiro atoms. The Hall–Kier alpha value is -1.51. The molecule has 2 N–H and O–H groups in total. The summed E-state index contributed by atoms with van der Waals surface area (Å²) in [7, 11) is 0. The Balaban J connectivity index is 1.96. The number of nitrogens with one attached hydrogen (secondary N) is 2. The van der Waals surface area contributed by atoms with Crippen LogP contribution in [0.2, 0.25) is 0 Å². The minimum absolute atomic E-state index is 0.0957. The number of rotatable bonds is 5. The number of amides is 1. The molecule has 2 rings (SSSR count). The Morgan fingerprint density at radius 3 is 2.76 bits per heavy atom. The van der Waals surface area contributed by atoms with Crippen LogP contribution in [0.5, 0.6) is 0 Å². The van der Waals surface area contributed by atoms with E-state index < -0.39 is 0 Å². The molecule has 1 aromatic carbocycles. The van der Waals surface area contributed by atoms with Crippen molar-refractivity contribution in [2.24, 2.45) is 0 Å². The maximum absolute atomic E-state index is 11.8. The van der Waals surface area contributed by atoms with Gasteiger partial charge in [-0.1, -0.05) is 25.1 Å². The van der Waals surface area contributed by atoms with Crippen molar-refractivity contribution >= 4 is 11.6 Å². The van der Waals surface area contributed by atoms with Crippen LogP contribution in [0.15, 0.2) is 24.3 Å². The highest BCUT2D eigenvalue weighted by molar-refractivity contribution is 5.84. The van der Waals surface area contributed by atoms with E-state index in [1.54, 1.807) is 0 Å². The number of aryl methyl sites for hydroxylation is 1. The molecule has 17 heavy (non-hydrogen) atoms. The zero-order chi connectivity index (χ0) is 12.3. The minimum atomic E-state index is -0.178. The van der Waals surface area contributed by atoms with E-state index in [4.69, 9.17) is 0 Å². The van der Waals surface area contributed by atoms with E-state index in [9.17, 15) is 4.79 Å². The van der Waals surface area contributed by atoms with Gasteiger partial charge in [-0.3, -0.25) is 4.79 Å². The van der Waals surface area contributed by atoms with Gasteiger partial charge in [0.05, 0.1) is 0 Å². The molecular weight excluding hydrogens is 212 g/mol. The molecule has 1 atom stereocenters. The molecule has 1 aliphatic carbocycles. The van der Waals surface area contributed by atoms with Gasteiger partial charge in [-0.2, -0.15) is 0 Å². The lowest BCUT2D eigenvalue weighted by atomic mass is 10.1. The summed E-state index contributed by atoms with van der Waals surface area (Å²) in [5.74, 6) is 0.0957. The standard InChI is InChI=1S/C14H20N2O/c1-3-11-6-4-5-7-13(11)15-10(2)14(17)16-12-8-9-12/h4-7,10,12,15H,3,8-9H2,1-2H3,(H,16,17). The Labute approximate surface area is 103 Å². The molecule has 3 heteroatoms. The van der Waals surface area contributed by atoms with Crippen molar-refractivity contribution in [3.05, 3.63) is 29.8 Å². The number of anilines is 1. The monoisotopic (exact) mass is 232 g/mol. The second-order valence-corrected chi connectivity index (χ2v) is 4.66. The lowest BCUT2D eigenvalue weighted by molar-refractivity contribution is -0.121. The van der Waals surface area contributed by atoms with E-state index in [1.807, 2.05) is 25.1 Å². The summed E-state index contributed by atoms with van der Waals surface area (Å²) < 4.78 is 0. The third-order valence-electron chi connectivity index (χ3n) is 3.09. The normalized spacial score (nSPS) is 16.4. The first-order valence-electron chi connectivity index (χ1n) is 6.35. The molecule has 0 saturated heterocycles. The first-order chi connectivity index (χ1) is 8.20. The summed E-state index contributed by atoms with van der Waals surface area (Å²) in [5, 5.41) is 6.29. The van der Waals surface area contributed by atoms with Crippen LogP contribution in [0, 0.1) is 0 Å². The first kappa shape index (κ1) is 12.0. The van der Waals surface area contributed by atoms with Crippen molar-refractivity contribution in [3.63, 3.8) is 0 Å². The van der Waals surface area contributed by atoms with Crippen LogP contribution in [0.4, 0.5) is 5.69 Å². The van der Waals surface area contributed by atoms with Gasteiger partial charge in [0.25, 0.3) is 0 Å². The van der Waals surface area contributed by atoms with Gasteiger partial charge in [-0.15, -0.1) is 0 Å². The molecule has 1 unspecified atom stereocenters. The van der Waals surface area contributed by atoms with E-state index >= 15 is 0 Å². The van der Waals surface area contributed by atoms with Crippen LogP contribution in [-0.2, 0) is 11.2 Å². The van der Waals surface area contributed by atoms with Crippen molar-refractivity contribution in [1.29, 1.82) is 0 Å². The molecule has 0 aliphatic heterocycles. The molecule has 1 fully saturated rings. The molecule has 1 aromatic rings. The average Bonchev–Trinajstić information content (AvgIpc) is 3.13. The van der Waals surface area contributed by atoms with Crippen molar-refractivity contribution < 1.29 is 4.79 Å². The zero-order valence-corrected chi connectivity index (χ0v) is 10.5. The van der Waals surface area contributed by atoms with Gasteiger partial charge in [-0.25, -0.2) is 0 Å². The van der Waals surface area contributed by atoms with Crippen LogP contribution < -0.4 is 10.6 Å². The second kappa shape index (κ2) is 5.21. The van der Waals surface area contributed by atoms with Crippen LogP contribution in [-0.4, -0.2) is 18.0 Å². The van der Waals surface area contributed by atoms with Crippen molar-refractivity contribution in [2.45, 2.75) is 45.2 Å². The topological polar surface area (TPSA) is 41.1 Å². The fourth-order valence-electron chi connectivity index (χ4n) is 1.82. The Bertz CT molecular complexity index is 399. The number of carbonyl (C=O) groups excluding carboxylic acids is 1. The van der Waals surface area contributed by atoms with E-state index in [-0.39, 0.29) is 11.9 Å². The summed E-state index contributed by atoms with van der Waals surface area (Å²) in [6.07, 6.45) is 3.23. The summed E-state index contributed by atoms with van der Waals surface area (Å²) in [6.45, 7) is 4.03. The number of benzene rings is 1. The molecule has 0 heterocycles. The van der Waals surface area contributed by atoms with Gasteiger partial charge in [-0.05, 0) is 37.8 Å². The van der Waals surface area contributed by atoms with Crippen molar-refractivity contribution in [1.82, 2.24) is 5.32 Å². The van der Waals surface area contributed by atoms with Crippen molar-refractivity contribution in [3.8, 4) is 0 Å². The fourth-order valence-corrected chi connectivity index (χ4v) is 1.82. The highest BCUT2D eigenvalue weighted by Gasteiger charge is 2.25. The van der Waals surface area contributed by atoms with Gasteiger partial charge >= 0.3 is 0 Å². The summed E-state index contributed by atoms with van der Waals surface area (Å²) in [4.78, 5) is 11.8. The Kier molecular flexibility index (Phi) is 3.67. The van der Waals surface area contributed by atoms with Gasteiger partial charge < -0.3 is 10.6 Å². The highest BCUT2D eigenvalue weighted by Crippen LogP contribution is 2.20. The highest BCUT2D eigenvalue weighted by atomic mass is 16.2. The summed E-state index contributed by atoms with van der Waals surface area (Å²) in [6, 6.07) is 8.39. The van der Waals surface area contributed by atoms with Crippen LogP contribution in [0.1, 0.15) is 32.3 Å². The second-order valence-electron chi connectivity index (χ2n) is 4.66. The molecule has 0 bridgehead atoms. The van der Waals surface area contributed by atoms with E-state index in [0.29, 0.717) is 6.04 Å². The third kappa shape index (κ3) is 3.22. The van der Waals surface area contributed by atoms with Crippen LogP contribution in [0.25, 0.3) is 0 Å². The molecule has 92 valence electrons. The fraction of sp³-hybridized carbons (Fsp3) is 0.500. The molecule has 0 aromatic heterocycles. The van der Waals surface area contributed by atoms with Crippen molar-refractivity contribution in [2.75, 3.05) is 5.32 Å². The molecule has 1 saturated carbocycles. The minimum Gasteiger partial charge on any atom is -0.374 e. The zero-order valence-electron chi connectivity index (χ0n) is 10.5. The van der Waals surface area contributed by atoms with Gasteiger partial charge in [0.1, 0.15) is 6.04 Å². The number of hydrogen-bond acceptors (Lipinski definition) is 2. The molecular formula is C14H20N2O. The maximum atomic E-state index is 11.8. The van der Waals surface area contributed by atoms with E-state index in [1.165, 1.54) is 5.56 Å². The van der Waals surface area contributed by atoms with Crippen LogP contribution in [0.3, 0.4) is 0 Å². The predicted molar refractivity (Wildman–Crippen MR) is 70.1 cm³/mol. The van der Waals surface area contributed by atoms with Gasteiger partial charge in [0, 0.05) is 11.7 Å². The lowest BCUT2D eigenvalue weighted by Crippen LogP contribution is -2.38. The van der Waals surface area contributed by atoms with Gasteiger partial charge in [0.2, 0.25) is 5.91 Å². The van der Waals surface area contributed by atoms with Crippen LogP contribution >= 0.6 is 0 Å². The van der Waals surface area contributed by atoms with E-state index in [0.717, 1.165) is 24.9 Å². The quantitative estimate of drug-likeness (QED) is 0.818. The maximum Gasteiger partial charge on any atom is 0.242 e. The average molecular weight is 232 g/mol. The molecule has 1 aliphatic rings. The number of hydrogen-bond donors (Lipinski definition) is 2. The molecule has 0 radical (unpaired) electrons. The largest absolute Gasteiger partial charge is 0.374 e. The number of para-hydroxylation sites is 1. The molecule has 3 nitrogen and oxygen atoms in total. The third-order valence-corrected chi connectivity index (χ3v) is 3.09. The number of carbonyl (C=O) groups is 1.